The summed E-state index contributed by atoms with van der Waals surface area (Å²) in [5.41, 5.74) is 2.03. The van der Waals surface area contributed by atoms with Crippen molar-refractivity contribution in [1.29, 1.82) is 5.26 Å². The molecule has 1 atom stereocenters. The maximum absolute atomic E-state index is 13.8. The number of anilines is 1. The van der Waals surface area contributed by atoms with Gasteiger partial charge in [0.15, 0.2) is 0 Å². The van der Waals surface area contributed by atoms with Gasteiger partial charge in [0.05, 0.1) is 10.5 Å². The molecule has 1 unspecified atom stereocenters. The molecule has 1 amide bonds. The Morgan fingerprint density at radius 3 is 2.54 bits per heavy atom. The zero-order valence-electron chi connectivity index (χ0n) is 20.4. The molecule has 0 bridgehead atoms. The van der Waals surface area contributed by atoms with Gasteiger partial charge in [-0.1, -0.05) is 26.0 Å². The SMILES string of the molecule is CC(C)CC(C)N(C(=O)C1CCN(S(=O)(=O)c2ccccc2C#N)CC1)c1ccc2[nH]ccc2c1. The van der Waals surface area contributed by atoms with E-state index in [1.807, 2.05) is 41.4 Å². The van der Waals surface area contributed by atoms with Crippen LogP contribution in [-0.2, 0) is 14.8 Å². The number of sulfonamides is 1. The Kier molecular flexibility index (Phi) is 7.29. The van der Waals surface area contributed by atoms with E-state index in [4.69, 9.17) is 0 Å². The zero-order valence-corrected chi connectivity index (χ0v) is 21.3. The number of carbonyl (C=O) groups is 1. The van der Waals surface area contributed by atoms with Crippen LogP contribution in [0.4, 0.5) is 5.69 Å². The maximum atomic E-state index is 13.8. The monoisotopic (exact) mass is 492 g/mol. The number of nitrogens with one attached hydrogen (secondary N) is 1. The Labute approximate surface area is 207 Å². The summed E-state index contributed by atoms with van der Waals surface area (Å²) in [6.07, 6.45) is 3.65. The van der Waals surface area contributed by atoms with E-state index in [-0.39, 0.29) is 41.4 Å². The summed E-state index contributed by atoms with van der Waals surface area (Å²) in [4.78, 5) is 19.0. The number of aromatic nitrogens is 1. The minimum Gasteiger partial charge on any atom is -0.361 e. The van der Waals surface area contributed by atoms with E-state index < -0.39 is 10.0 Å². The van der Waals surface area contributed by atoms with Gasteiger partial charge in [-0.2, -0.15) is 9.57 Å². The molecular formula is C27H32N4O3S. The topological polar surface area (TPSA) is 97.3 Å². The highest BCUT2D eigenvalue weighted by molar-refractivity contribution is 7.89. The Hall–Kier alpha value is -3.15. The van der Waals surface area contributed by atoms with Gasteiger partial charge in [-0.05, 0) is 68.5 Å². The van der Waals surface area contributed by atoms with Crippen LogP contribution in [0.5, 0.6) is 0 Å². The molecule has 3 aromatic rings. The van der Waals surface area contributed by atoms with Gasteiger partial charge in [0, 0.05) is 47.8 Å². The van der Waals surface area contributed by atoms with Gasteiger partial charge < -0.3 is 9.88 Å². The van der Waals surface area contributed by atoms with Crippen LogP contribution in [0.2, 0.25) is 0 Å². The highest BCUT2D eigenvalue weighted by atomic mass is 32.2. The summed E-state index contributed by atoms with van der Waals surface area (Å²) in [5, 5.41) is 10.4. The van der Waals surface area contributed by atoms with E-state index in [1.54, 1.807) is 12.1 Å². The third-order valence-corrected chi connectivity index (χ3v) is 8.69. The molecule has 1 aromatic heterocycles. The molecule has 4 rings (SSSR count). The molecule has 1 N–H and O–H groups in total. The molecule has 1 aliphatic heterocycles. The molecule has 7 nitrogen and oxygen atoms in total. The summed E-state index contributed by atoms with van der Waals surface area (Å²) in [7, 11) is -3.79. The lowest BCUT2D eigenvalue weighted by Crippen LogP contribution is -2.47. The van der Waals surface area contributed by atoms with E-state index >= 15 is 0 Å². The Morgan fingerprint density at radius 1 is 1.14 bits per heavy atom. The number of aromatic amines is 1. The quantitative estimate of drug-likeness (QED) is 0.507. The summed E-state index contributed by atoms with van der Waals surface area (Å²) < 4.78 is 27.8. The molecule has 35 heavy (non-hydrogen) atoms. The van der Waals surface area contributed by atoms with Crippen molar-refractivity contribution in [2.75, 3.05) is 18.0 Å². The first-order valence-corrected chi connectivity index (χ1v) is 13.6. The number of rotatable bonds is 7. The van der Waals surface area contributed by atoms with Crippen molar-refractivity contribution >= 4 is 32.5 Å². The van der Waals surface area contributed by atoms with Gasteiger partial charge in [0.1, 0.15) is 6.07 Å². The molecule has 2 heterocycles. The standard InChI is InChI=1S/C27H32N4O3S/c1-19(2)16-20(3)31(24-8-9-25-22(17-24)10-13-29-25)27(32)21-11-14-30(15-12-21)35(33,34)26-7-5-4-6-23(26)18-28/h4-10,13,17,19-21,29H,11-12,14-16H2,1-3H3. The fourth-order valence-corrected chi connectivity index (χ4v) is 6.65. The summed E-state index contributed by atoms with van der Waals surface area (Å²) >= 11 is 0. The lowest BCUT2D eigenvalue weighted by atomic mass is 9.94. The van der Waals surface area contributed by atoms with Crippen LogP contribution in [0, 0.1) is 23.2 Å². The maximum Gasteiger partial charge on any atom is 0.244 e. The van der Waals surface area contributed by atoms with Crippen LogP contribution in [0.1, 0.15) is 45.6 Å². The summed E-state index contributed by atoms with van der Waals surface area (Å²) in [6, 6.07) is 16.3. The minimum atomic E-state index is -3.79. The lowest BCUT2D eigenvalue weighted by Gasteiger charge is -2.37. The van der Waals surface area contributed by atoms with Crippen molar-refractivity contribution in [2.45, 2.75) is 51.0 Å². The van der Waals surface area contributed by atoms with Crippen molar-refractivity contribution in [3.63, 3.8) is 0 Å². The third-order valence-electron chi connectivity index (χ3n) is 6.73. The molecule has 184 valence electrons. The first-order valence-electron chi connectivity index (χ1n) is 12.1. The van der Waals surface area contributed by atoms with Gasteiger partial charge >= 0.3 is 0 Å². The van der Waals surface area contributed by atoms with Crippen LogP contribution in [0.25, 0.3) is 10.9 Å². The van der Waals surface area contributed by atoms with Crippen LogP contribution < -0.4 is 4.90 Å². The number of nitrogens with zero attached hydrogens (tertiary/aromatic N) is 3. The Morgan fingerprint density at radius 2 is 1.86 bits per heavy atom. The van der Waals surface area contributed by atoms with Gasteiger partial charge in [0.25, 0.3) is 0 Å². The van der Waals surface area contributed by atoms with Gasteiger partial charge in [-0.25, -0.2) is 8.42 Å². The number of hydrogen-bond acceptors (Lipinski definition) is 4. The van der Waals surface area contributed by atoms with Crippen molar-refractivity contribution in [2.24, 2.45) is 11.8 Å². The number of fused-ring (bicyclic) bond motifs is 1. The molecule has 1 aliphatic rings. The predicted octanol–water partition coefficient (Wildman–Crippen LogP) is 4.91. The number of hydrogen-bond donors (Lipinski definition) is 1. The Balaban J connectivity index is 1.55. The molecule has 0 aliphatic carbocycles. The minimum absolute atomic E-state index is 0.0168. The van der Waals surface area contributed by atoms with E-state index in [0.717, 1.165) is 23.0 Å². The highest BCUT2D eigenvalue weighted by Gasteiger charge is 2.36. The predicted molar refractivity (Wildman–Crippen MR) is 137 cm³/mol. The van der Waals surface area contributed by atoms with E-state index in [0.29, 0.717) is 18.8 Å². The first kappa shape index (κ1) is 25.0. The van der Waals surface area contributed by atoms with Crippen molar-refractivity contribution in [3.8, 4) is 6.07 Å². The molecule has 1 saturated heterocycles. The van der Waals surface area contributed by atoms with Gasteiger partial charge in [-0.15, -0.1) is 0 Å². The summed E-state index contributed by atoms with van der Waals surface area (Å²) in [5.74, 6) is 0.218. The first-order chi connectivity index (χ1) is 16.7. The molecule has 8 heteroatoms. The third kappa shape index (κ3) is 5.12. The zero-order chi connectivity index (χ0) is 25.2. The second kappa shape index (κ2) is 10.2. The molecule has 0 radical (unpaired) electrons. The normalized spacial score (nSPS) is 16.3. The second-order valence-corrected chi connectivity index (χ2v) is 11.6. The van der Waals surface area contributed by atoms with E-state index in [9.17, 15) is 18.5 Å². The second-order valence-electron chi connectivity index (χ2n) is 9.72. The van der Waals surface area contributed by atoms with Crippen LogP contribution in [0.3, 0.4) is 0 Å². The smallest absolute Gasteiger partial charge is 0.244 e. The number of H-pyrrole nitrogens is 1. The van der Waals surface area contributed by atoms with E-state index in [1.165, 1.54) is 16.4 Å². The number of amides is 1. The van der Waals surface area contributed by atoms with Crippen LogP contribution in [0.15, 0.2) is 59.6 Å². The summed E-state index contributed by atoms with van der Waals surface area (Å²) in [6.45, 7) is 6.88. The number of benzene rings is 2. The lowest BCUT2D eigenvalue weighted by molar-refractivity contribution is -0.124. The highest BCUT2D eigenvalue weighted by Crippen LogP contribution is 2.31. The van der Waals surface area contributed by atoms with Crippen molar-refractivity contribution in [3.05, 3.63) is 60.3 Å². The number of piperidine rings is 1. The Bertz CT molecular complexity index is 1350. The molecule has 1 fully saturated rings. The average molecular weight is 493 g/mol. The van der Waals surface area contributed by atoms with Gasteiger partial charge in [-0.3, -0.25) is 4.79 Å². The largest absolute Gasteiger partial charge is 0.361 e. The molecular weight excluding hydrogens is 460 g/mol. The fraction of sp³-hybridized carbons (Fsp3) is 0.407. The van der Waals surface area contributed by atoms with Gasteiger partial charge in [0.2, 0.25) is 15.9 Å². The van der Waals surface area contributed by atoms with Crippen LogP contribution in [-0.4, -0.2) is 42.7 Å². The number of carbonyl (C=O) groups excluding carboxylic acids is 1. The van der Waals surface area contributed by atoms with E-state index in [2.05, 4.69) is 25.8 Å². The van der Waals surface area contributed by atoms with Crippen molar-refractivity contribution < 1.29 is 13.2 Å². The molecule has 0 saturated carbocycles. The molecule has 0 spiro atoms. The average Bonchev–Trinajstić information content (AvgIpc) is 3.32. The number of nitriles is 1. The fourth-order valence-electron chi connectivity index (χ4n) is 5.04. The molecule has 2 aromatic carbocycles. The van der Waals surface area contributed by atoms with Crippen molar-refractivity contribution in [1.82, 2.24) is 9.29 Å². The van der Waals surface area contributed by atoms with Crippen LogP contribution >= 0.6 is 0 Å².